The zero-order valence-electron chi connectivity index (χ0n) is 18.3. The highest BCUT2D eigenvalue weighted by Crippen LogP contribution is 2.44. The van der Waals surface area contributed by atoms with Gasteiger partial charge in [-0.25, -0.2) is 18.4 Å². The third-order valence-corrected chi connectivity index (χ3v) is 6.45. The van der Waals surface area contributed by atoms with Gasteiger partial charge in [-0.2, -0.15) is 0 Å². The van der Waals surface area contributed by atoms with Crippen molar-refractivity contribution in [3.8, 4) is 11.1 Å². The van der Waals surface area contributed by atoms with Crippen molar-refractivity contribution >= 4 is 23.7 Å². The number of hydrogen-bond acceptors (Lipinski definition) is 4. The van der Waals surface area contributed by atoms with Crippen LogP contribution in [0.2, 0.25) is 0 Å². The maximum Gasteiger partial charge on any atom is 0.411 e. The molecule has 35 heavy (non-hydrogen) atoms. The standard InChI is InChI=1S/C26H20F2N2O5/c27-19-9-10-20(23(28)22(19)24(31)30-12-11-21(30)25(32)33)29-26(34)35-13-18-16-7-3-1-5-14(16)15-6-2-4-8-17(15)18/h1-10,18,21H,11-13H2,(H,29,34)(H,32,33). The maximum absolute atomic E-state index is 15.0. The Labute approximate surface area is 198 Å². The van der Waals surface area contributed by atoms with Crippen molar-refractivity contribution in [2.24, 2.45) is 0 Å². The summed E-state index contributed by atoms with van der Waals surface area (Å²) in [6.07, 6.45) is -0.773. The summed E-state index contributed by atoms with van der Waals surface area (Å²) in [5.41, 5.74) is 2.74. The molecule has 9 heteroatoms. The number of nitrogens with one attached hydrogen (secondary N) is 1. The molecule has 1 heterocycles. The van der Waals surface area contributed by atoms with Crippen LogP contribution in [-0.2, 0) is 9.53 Å². The highest BCUT2D eigenvalue weighted by molar-refractivity contribution is 5.99. The van der Waals surface area contributed by atoms with E-state index in [9.17, 15) is 18.8 Å². The number of carbonyl (C=O) groups is 3. The monoisotopic (exact) mass is 478 g/mol. The van der Waals surface area contributed by atoms with Crippen molar-refractivity contribution < 1.29 is 33.0 Å². The summed E-state index contributed by atoms with van der Waals surface area (Å²) in [5, 5.41) is 11.4. The van der Waals surface area contributed by atoms with Gasteiger partial charge in [0.15, 0.2) is 5.82 Å². The molecule has 5 rings (SSSR count). The van der Waals surface area contributed by atoms with Crippen molar-refractivity contribution in [1.29, 1.82) is 0 Å². The van der Waals surface area contributed by atoms with Crippen molar-refractivity contribution in [2.75, 3.05) is 18.5 Å². The van der Waals surface area contributed by atoms with Crippen LogP contribution >= 0.6 is 0 Å². The first-order valence-electron chi connectivity index (χ1n) is 11.0. The Morgan fingerprint density at radius 3 is 2.17 bits per heavy atom. The van der Waals surface area contributed by atoms with Crippen molar-refractivity contribution in [2.45, 2.75) is 18.4 Å². The molecule has 0 bridgehead atoms. The van der Waals surface area contributed by atoms with Gasteiger partial charge in [0.2, 0.25) is 0 Å². The van der Waals surface area contributed by atoms with E-state index in [1.54, 1.807) is 0 Å². The van der Waals surface area contributed by atoms with Crippen LogP contribution in [0.5, 0.6) is 0 Å². The minimum Gasteiger partial charge on any atom is -0.480 e. The molecule has 1 fully saturated rings. The van der Waals surface area contributed by atoms with Crippen LogP contribution in [0.3, 0.4) is 0 Å². The lowest BCUT2D eigenvalue weighted by Gasteiger charge is -2.38. The number of carboxylic acid groups (broad SMARTS) is 1. The minimum atomic E-state index is -1.29. The molecule has 3 aromatic carbocycles. The van der Waals surface area contributed by atoms with Crippen molar-refractivity contribution in [3.05, 3.63) is 89.0 Å². The van der Waals surface area contributed by atoms with E-state index >= 15 is 4.39 Å². The van der Waals surface area contributed by atoms with Gasteiger partial charge in [-0.3, -0.25) is 10.1 Å². The summed E-state index contributed by atoms with van der Waals surface area (Å²) in [7, 11) is 0. The molecule has 178 valence electrons. The van der Waals surface area contributed by atoms with Crippen LogP contribution in [0.15, 0.2) is 60.7 Å². The fourth-order valence-corrected chi connectivity index (χ4v) is 4.62. The number of fused-ring (bicyclic) bond motifs is 3. The Balaban J connectivity index is 1.31. The largest absolute Gasteiger partial charge is 0.480 e. The number of rotatable bonds is 5. The predicted molar refractivity (Wildman–Crippen MR) is 122 cm³/mol. The molecular weight excluding hydrogens is 458 g/mol. The van der Waals surface area contributed by atoms with Gasteiger partial charge in [0.1, 0.15) is 24.0 Å². The van der Waals surface area contributed by atoms with Gasteiger partial charge in [-0.05, 0) is 40.8 Å². The molecule has 2 amide bonds. The lowest BCUT2D eigenvalue weighted by molar-refractivity contribution is -0.146. The van der Waals surface area contributed by atoms with Gasteiger partial charge in [0.25, 0.3) is 5.91 Å². The molecule has 1 atom stereocenters. The lowest BCUT2D eigenvalue weighted by atomic mass is 9.98. The number of carboxylic acids is 1. The van der Waals surface area contributed by atoms with Crippen molar-refractivity contribution in [3.63, 3.8) is 0 Å². The average molecular weight is 478 g/mol. The van der Waals surface area contributed by atoms with E-state index in [0.717, 1.165) is 39.3 Å². The van der Waals surface area contributed by atoms with E-state index in [0.29, 0.717) is 0 Å². The minimum absolute atomic E-state index is 0.0114. The van der Waals surface area contributed by atoms with E-state index in [1.165, 1.54) is 0 Å². The Hall–Kier alpha value is -4.27. The van der Waals surface area contributed by atoms with Gasteiger partial charge in [0, 0.05) is 12.5 Å². The smallest absolute Gasteiger partial charge is 0.411 e. The number of benzene rings is 3. The molecule has 2 aliphatic rings. The zero-order valence-corrected chi connectivity index (χ0v) is 18.3. The number of anilines is 1. The molecule has 0 radical (unpaired) electrons. The Morgan fingerprint density at radius 1 is 0.971 bits per heavy atom. The number of nitrogens with zero attached hydrogens (tertiary/aromatic N) is 1. The predicted octanol–water partition coefficient (Wildman–Crippen LogP) is 4.62. The number of hydrogen-bond donors (Lipinski definition) is 2. The molecule has 0 saturated carbocycles. The summed E-state index contributed by atoms with van der Waals surface area (Å²) in [4.78, 5) is 37.1. The van der Waals surface area contributed by atoms with Crippen LogP contribution in [-0.4, -0.2) is 47.2 Å². The summed E-state index contributed by atoms with van der Waals surface area (Å²) in [5.74, 6) is -4.99. The van der Waals surface area contributed by atoms with E-state index in [2.05, 4.69) is 5.32 Å². The first-order chi connectivity index (χ1) is 16.9. The molecule has 1 unspecified atom stereocenters. The quantitative estimate of drug-likeness (QED) is 0.558. The maximum atomic E-state index is 15.0. The van der Waals surface area contributed by atoms with Gasteiger partial charge in [0.05, 0.1) is 5.69 Å². The highest BCUT2D eigenvalue weighted by Gasteiger charge is 2.40. The molecule has 1 aliphatic carbocycles. The van der Waals surface area contributed by atoms with Gasteiger partial charge in [-0.15, -0.1) is 0 Å². The van der Waals surface area contributed by atoms with Crippen LogP contribution in [0, 0.1) is 11.6 Å². The summed E-state index contributed by atoms with van der Waals surface area (Å²) in [6.45, 7) is 0.0568. The molecule has 2 N–H and O–H groups in total. The topological polar surface area (TPSA) is 95.9 Å². The van der Waals surface area contributed by atoms with E-state index in [1.807, 2.05) is 48.5 Å². The first-order valence-corrected chi connectivity index (χ1v) is 11.0. The van der Waals surface area contributed by atoms with E-state index in [-0.39, 0.29) is 25.5 Å². The molecule has 7 nitrogen and oxygen atoms in total. The molecule has 1 aliphatic heterocycles. The van der Waals surface area contributed by atoms with Crippen LogP contribution in [0.4, 0.5) is 19.3 Å². The van der Waals surface area contributed by atoms with Gasteiger partial charge in [-0.1, -0.05) is 48.5 Å². The normalized spacial score (nSPS) is 16.2. The lowest BCUT2D eigenvalue weighted by Crippen LogP contribution is -2.55. The van der Waals surface area contributed by atoms with Crippen LogP contribution < -0.4 is 5.32 Å². The SMILES string of the molecule is O=C(Nc1ccc(F)c(C(=O)N2CCC2C(=O)O)c1F)OCC1c2ccccc2-c2ccccc21. The molecular formula is C26H20F2N2O5. The Kier molecular flexibility index (Phi) is 5.68. The van der Waals surface area contributed by atoms with Crippen molar-refractivity contribution in [1.82, 2.24) is 4.90 Å². The number of carbonyl (C=O) groups excluding carboxylic acids is 2. The molecule has 3 aromatic rings. The Bertz CT molecular complexity index is 1310. The van der Waals surface area contributed by atoms with Crippen LogP contribution in [0.1, 0.15) is 33.8 Å². The van der Waals surface area contributed by atoms with Gasteiger partial charge < -0.3 is 14.7 Å². The second kappa shape index (κ2) is 8.83. The fourth-order valence-electron chi connectivity index (χ4n) is 4.62. The number of amides is 2. The highest BCUT2D eigenvalue weighted by atomic mass is 19.1. The molecule has 0 aromatic heterocycles. The Morgan fingerprint density at radius 2 is 1.60 bits per heavy atom. The van der Waals surface area contributed by atoms with Crippen LogP contribution in [0.25, 0.3) is 11.1 Å². The second-order valence-electron chi connectivity index (χ2n) is 8.38. The number of ether oxygens (including phenoxy) is 1. The van der Waals surface area contributed by atoms with Gasteiger partial charge >= 0.3 is 12.1 Å². The zero-order chi connectivity index (χ0) is 24.7. The van der Waals surface area contributed by atoms with E-state index < -0.39 is 46.9 Å². The first kappa shape index (κ1) is 22.5. The summed E-state index contributed by atoms with van der Waals surface area (Å²) >= 11 is 0. The summed E-state index contributed by atoms with van der Waals surface area (Å²) in [6, 6.07) is 16.2. The average Bonchev–Trinajstić information content (AvgIpc) is 3.12. The second-order valence-corrected chi connectivity index (χ2v) is 8.38. The third-order valence-electron chi connectivity index (χ3n) is 6.45. The molecule has 0 spiro atoms. The number of likely N-dealkylation sites (tertiary alicyclic amines) is 1. The number of halogens is 2. The number of aliphatic carboxylic acids is 1. The summed E-state index contributed by atoms with van der Waals surface area (Å²) < 4.78 is 34.7. The third kappa shape index (κ3) is 3.88. The molecule has 1 saturated heterocycles. The fraction of sp³-hybridized carbons (Fsp3) is 0.192. The van der Waals surface area contributed by atoms with E-state index in [4.69, 9.17) is 9.84 Å².